The minimum absolute atomic E-state index is 0.00341. The molecule has 2 aromatic heterocycles. The molecule has 94 heavy (non-hydrogen) atoms. The van der Waals surface area contributed by atoms with E-state index < -0.39 is 31.1 Å². The van der Waals surface area contributed by atoms with Crippen LogP contribution in [0.2, 0.25) is 0 Å². The van der Waals surface area contributed by atoms with Gasteiger partial charge in [-0.05, 0) is 76.5 Å². The summed E-state index contributed by atoms with van der Waals surface area (Å²) >= 11 is 0. The van der Waals surface area contributed by atoms with E-state index in [2.05, 4.69) is 122 Å². The fourth-order valence-electron chi connectivity index (χ4n) is 14.7. The highest BCUT2D eigenvalue weighted by Crippen LogP contribution is 2.49. The van der Waals surface area contributed by atoms with Gasteiger partial charge in [-0.25, -0.2) is 0 Å². The van der Waals surface area contributed by atoms with Crippen molar-refractivity contribution in [3.63, 3.8) is 0 Å². The first-order chi connectivity index (χ1) is 44.9. The Labute approximate surface area is 565 Å². The highest BCUT2D eigenvalue weighted by molar-refractivity contribution is 7.86. The quantitative estimate of drug-likeness (QED) is 0.0124. The van der Waals surface area contributed by atoms with Gasteiger partial charge in [0, 0.05) is 98.6 Å². The predicted octanol–water partition coefficient (Wildman–Crippen LogP) is 14.6. The minimum Gasteiger partial charge on any atom is -0.506 e. The Morgan fingerprint density at radius 1 is 0.521 bits per heavy atom. The summed E-state index contributed by atoms with van der Waals surface area (Å²) in [6.45, 7) is 21.0. The van der Waals surface area contributed by atoms with Crippen molar-refractivity contribution in [3.8, 4) is 0 Å². The highest BCUT2D eigenvalue weighted by atomic mass is 32.2. The van der Waals surface area contributed by atoms with E-state index in [1.165, 1.54) is 116 Å². The van der Waals surface area contributed by atoms with Gasteiger partial charge < -0.3 is 19.0 Å². The number of carbonyl (C=O) groups is 1. The van der Waals surface area contributed by atoms with Gasteiger partial charge in [-0.15, -0.1) is 10.2 Å². The van der Waals surface area contributed by atoms with Crippen LogP contribution in [0.3, 0.4) is 0 Å². The summed E-state index contributed by atoms with van der Waals surface area (Å²) in [6, 6.07) is 16.8. The summed E-state index contributed by atoms with van der Waals surface area (Å²) < 4.78 is 73.1. The number of quaternary nitrogens is 2. The van der Waals surface area contributed by atoms with Crippen LogP contribution >= 0.6 is 0 Å². The van der Waals surface area contributed by atoms with Gasteiger partial charge in [0.15, 0.2) is 5.71 Å². The third-order valence-corrected chi connectivity index (χ3v) is 22.0. The summed E-state index contributed by atoms with van der Waals surface area (Å²) in [6.07, 6.45) is 38.7. The predicted molar refractivity (Wildman–Crippen MR) is 380 cm³/mol. The molecule has 3 N–H and O–H groups in total. The van der Waals surface area contributed by atoms with Crippen molar-refractivity contribution >= 4 is 43.1 Å². The lowest BCUT2D eigenvalue weighted by Gasteiger charge is -2.35. The van der Waals surface area contributed by atoms with Gasteiger partial charge in [0.05, 0.1) is 92.8 Å². The summed E-state index contributed by atoms with van der Waals surface area (Å²) in [5, 5.41) is 30.2. The van der Waals surface area contributed by atoms with E-state index in [0.717, 1.165) is 119 Å². The van der Waals surface area contributed by atoms with Crippen LogP contribution in [0.5, 0.6) is 0 Å². The lowest BCUT2D eigenvalue weighted by Crippen LogP contribution is -2.47. The number of para-hydroxylation sites is 2. The maximum atomic E-state index is 14.5. The molecule has 7 rings (SSSR count). The average Bonchev–Trinajstić information content (AvgIpc) is 1.56. The first-order valence-corrected chi connectivity index (χ1v) is 39.5. The van der Waals surface area contributed by atoms with Gasteiger partial charge in [-0.1, -0.05) is 177 Å². The lowest BCUT2D eigenvalue weighted by molar-refractivity contribution is -0.910. The van der Waals surface area contributed by atoms with Crippen LogP contribution in [-0.4, -0.2) is 164 Å². The summed E-state index contributed by atoms with van der Waals surface area (Å²) in [5.74, 6) is -0.618. The number of aliphatic hydroxyl groups excluding tert-OH is 1. The number of aromatic nitrogens is 6. The minimum atomic E-state index is -4.01. The molecule has 3 aliphatic rings. The highest BCUT2D eigenvalue weighted by Gasteiger charge is 2.47. The van der Waals surface area contributed by atoms with Crippen molar-refractivity contribution in [2.45, 2.75) is 245 Å². The number of aryl methyl sites for hydroxylation is 4. The van der Waals surface area contributed by atoms with Crippen LogP contribution in [0.1, 0.15) is 231 Å². The molecule has 2 unspecified atom stereocenters. The average molecular weight is 1340 g/mol. The maximum Gasteiger partial charge on any atom is 0.265 e. The van der Waals surface area contributed by atoms with E-state index in [0.29, 0.717) is 76.1 Å². The first kappa shape index (κ1) is 76.0. The smallest absolute Gasteiger partial charge is 0.265 e. The number of rotatable bonds is 48. The van der Waals surface area contributed by atoms with Gasteiger partial charge in [0.25, 0.3) is 20.2 Å². The van der Waals surface area contributed by atoms with E-state index in [9.17, 15) is 35.8 Å². The number of hydrogen-bond donors (Lipinski definition) is 3. The number of benzene rings is 2. The molecule has 1 aliphatic carbocycles. The number of unbranched alkanes of at least 4 members (excludes halogenated alkanes) is 18. The fraction of sp³-hybridized carbons (Fsp3) is 0.676. The Bertz CT molecular complexity index is 3420. The molecule has 4 aromatic rings. The Hall–Kier alpha value is -5.38. The fourth-order valence-corrected chi connectivity index (χ4v) is 15.7. The molecule has 0 saturated heterocycles. The Morgan fingerprint density at radius 3 is 1.45 bits per heavy atom. The number of allylic oxidation sites excluding steroid dienone is 5. The Morgan fingerprint density at radius 2 is 0.957 bits per heavy atom. The molecular weight excluding hydrogens is 1220 g/mol. The zero-order valence-electron chi connectivity index (χ0n) is 58.9. The van der Waals surface area contributed by atoms with Crippen LogP contribution in [-0.2, 0) is 61.8 Å². The molecule has 0 spiro atoms. The second kappa shape index (κ2) is 36.3. The van der Waals surface area contributed by atoms with Crippen molar-refractivity contribution < 1.29 is 49.4 Å². The maximum absolute atomic E-state index is 14.5. The molecule has 2 atom stereocenters. The number of anilines is 1. The van der Waals surface area contributed by atoms with Crippen LogP contribution in [0.25, 0.3) is 0 Å². The third kappa shape index (κ3) is 22.9. The number of ketones is 1. The number of Topliss-reactive ketones (excluding diaryl/α,β-unsaturated/α-hetero) is 1. The lowest BCUT2D eigenvalue weighted by atomic mass is 9.77. The molecule has 4 heterocycles. The SMILES string of the molecule is CCCCCCCCCCCC[N+](C)(CCCn1cc(CCCN2/C(=C\C3=C(O)C(=C\C4=[N+](CCCc5cn(CCC[N+](C)(CCCCCCCCCCCC)CCCS(=O)(=O)O)nn5)c5ccccc5C4(C)C)/C3=O)C(C)(C)c3ccccc32)nn1)CCCS(=O)(=O)O. The zero-order chi connectivity index (χ0) is 67.8. The first-order valence-electron chi connectivity index (χ1n) is 36.3. The molecule has 0 fully saturated rings. The van der Waals surface area contributed by atoms with Crippen molar-refractivity contribution in [1.82, 2.24) is 30.0 Å². The standard InChI is InChI=1S/C74H116N10O8S2/c1-9-11-13-15-17-19-21-23-25-31-49-83(7,53-37-55-93(87,88)89)51-35-45-79-59-61(75-77-79)39-33-47-81-67-43-29-27-41-65(67)73(3,4)69(81)57-63-71(85)64(72(63)86)58-70-74(5,6)66-42-28-30-44-68(66)82(70)48-34-40-62-60-80(78-76-62)46-36-52-84(8,54-38-56-94(90,91)92)50-32-26-24-22-20-18-16-14-12-10-2/h27-30,41-44,57-60H,9-26,31-40,45-56H2,1-8H3/p+3. The summed E-state index contributed by atoms with van der Waals surface area (Å²) in [4.78, 5) is 16.8. The van der Waals surface area contributed by atoms with E-state index in [-0.39, 0.29) is 23.0 Å². The summed E-state index contributed by atoms with van der Waals surface area (Å²) in [7, 11) is -3.60. The number of carbonyl (C=O) groups excluding carboxylic acids is 1. The Balaban J connectivity index is 0.955. The normalized spacial score (nSPS) is 17.6. The number of aliphatic hydroxyl groups is 1. The molecule has 0 bridgehead atoms. The second-order valence-electron chi connectivity index (χ2n) is 29.2. The monoisotopic (exact) mass is 1340 g/mol. The van der Waals surface area contributed by atoms with Gasteiger partial charge in [-0.3, -0.25) is 23.3 Å². The molecule has 2 aromatic carbocycles. The molecule has 0 saturated carbocycles. The van der Waals surface area contributed by atoms with Crippen LogP contribution in [0, 0.1) is 0 Å². The van der Waals surface area contributed by atoms with E-state index in [1.54, 1.807) is 0 Å². The molecule has 522 valence electrons. The van der Waals surface area contributed by atoms with E-state index >= 15 is 0 Å². The third-order valence-electron chi connectivity index (χ3n) is 20.4. The second-order valence-corrected chi connectivity index (χ2v) is 32.4. The van der Waals surface area contributed by atoms with Crippen LogP contribution < -0.4 is 4.90 Å². The molecular formula is C74H119N10O8S2+3. The van der Waals surface area contributed by atoms with Gasteiger partial charge in [0.1, 0.15) is 12.3 Å². The van der Waals surface area contributed by atoms with Crippen LogP contribution in [0.15, 0.2) is 95.7 Å². The topological polar surface area (TPSA) is 214 Å². The number of nitrogens with zero attached hydrogens (tertiary/aromatic N) is 10. The van der Waals surface area contributed by atoms with Crippen molar-refractivity contribution in [2.75, 3.05) is 82.9 Å². The Kier molecular flexibility index (Phi) is 29.3. The van der Waals surface area contributed by atoms with Gasteiger partial charge >= 0.3 is 0 Å². The molecule has 18 nitrogen and oxygen atoms in total. The van der Waals surface area contributed by atoms with E-state index in [1.807, 2.05) is 46.0 Å². The number of fused-ring (bicyclic) bond motifs is 2. The van der Waals surface area contributed by atoms with Crippen molar-refractivity contribution in [2.24, 2.45) is 0 Å². The molecule has 0 radical (unpaired) electrons. The van der Waals surface area contributed by atoms with Gasteiger partial charge in [0.2, 0.25) is 11.5 Å². The van der Waals surface area contributed by atoms with Gasteiger partial charge in [-0.2, -0.15) is 21.4 Å². The van der Waals surface area contributed by atoms with Crippen LogP contribution in [0.4, 0.5) is 11.4 Å². The largest absolute Gasteiger partial charge is 0.506 e. The van der Waals surface area contributed by atoms with E-state index in [4.69, 9.17) is 0 Å². The van der Waals surface area contributed by atoms with Crippen molar-refractivity contribution in [3.05, 3.63) is 118 Å². The van der Waals surface area contributed by atoms with Crippen molar-refractivity contribution in [1.29, 1.82) is 0 Å². The number of hydrogen-bond acceptors (Lipinski definition) is 11. The molecule has 0 amide bonds. The molecule has 20 heteroatoms. The zero-order valence-corrected chi connectivity index (χ0v) is 60.5. The summed E-state index contributed by atoms with van der Waals surface area (Å²) in [5.41, 5.74) is 7.91. The molecule has 2 aliphatic heterocycles.